The number of carbonyl (C=O) groups excluding carboxylic acids is 1. The van der Waals surface area contributed by atoms with Gasteiger partial charge in [-0.15, -0.1) is 0 Å². The Labute approximate surface area is 64.2 Å². The van der Waals surface area contributed by atoms with Crippen LogP contribution >= 0.6 is 0 Å². The molecule has 10 heavy (non-hydrogen) atoms. The van der Waals surface area contributed by atoms with E-state index in [-0.39, 0.29) is 26.0 Å². The van der Waals surface area contributed by atoms with Crippen molar-refractivity contribution in [3.05, 3.63) is 0 Å². The van der Waals surface area contributed by atoms with E-state index in [0.717, 1.165) is 19.4 Å². The summed E-state index contributed by atoms with van der Waals surface area (Å²) < 4.78 is 14.0. The zero-order valence-corrected chi connectivity index (χ0v) is 5.97. The van der Waals surface area contributed by atoms with Crippen LogP contribution in [0.3, 0.4) is 0 Å². The first-order valence-corrected chi connectivity index (χ1v) is 3.40. The maximum absolute atomic E-state index is 11.4. The summed E-state index contributed by atoms with van der Waals surface area (Å²) >= 11 is 0. The Hall–Kier alpha value is -0.570. The Morgan fingerprint density at radius 2 is 2.60 bits per heavy atom. The second kappa shape index (κ2) is 3.01. The minimum atomic E-state index is -0.138. The van der Waals surface area contributed by atoms with Crippen molar-refractivity contribution in [2.24, 2.45) is 0 Å². The highest BCUT2D eigenvalue weighted by atomic mass is 16.2. The van der Waals surface area contributed by atoms with Gasteiger partial charge in [0, 0.05) is 16.8 Å². The molecule has 0 aromatic heterocycles. The van der Waals surface area contributed by atoms with Gasteiger partial charge in [-0.3, -0.25) is 4.79 Å². The topological polar surface area (TPSA) is 32.3 Å². The molecule has 0 bridgehead atoms. The van der Waals surface area contributed by atoms with Gasteiger partial charge in [-0.05, 0) is 19.4 Å². The summed E-state index contributed by atoms with van der Waals surface area (Å²) in [6.45, 7) is 0.875. The smallest absolute Gasteiger partial charge is 0.239 e. The summed E-state index contributed by atoms with van der Waals surface area (Å²) in [6.07, 6.45) is 1.86. The van der Waals surface area contributed by atoms with Crippen molar-refractivity contribution in [3.63, 3.8) is 0 Å². The summed E-state index contributed by atoms with van der Waals surface area (Å²) in [5.41, 5.74) is 0. The van der Waals surface area contributed by atoms with Crippen molar-refractivity contribution in [1.29, 1.82) is 0 Å². The van der Waals surface area contributed by atoms with Crippen LogP contribution in [0.5, 0.6) is 0 Å². The lowest BCUT2D eigenvalue weighted by Gasteiger charge is -2.15. The van der Waals surface area contributed by atoms with Gasteiger partial charge in [0.15, 0.2) is 0 Å². The van der Waals surface area contributed by atoms with Crippen LogP contribution in [0, 0.1) is 0 Å². The van der Waals surface area contributed by atoms with E-state index in [2.05, 4.69) is 5.32 Å². The van der Waals surface area contributed by atoms with Gasteiger partial charge in [0.05, 0.1) is 6.04 Å². The zero-order valence-electron chi connectivity index (χ0n) is 7.97. The van der Waals surface area contributed by atoms with Crippen molar-refractivity contribution >= 4 is 5.91 Å². The highest BCUT2D eigenvalue weighted by molar-refractivity contribution is 5.81. The molecular formula is C7H14N2O. The molecule has 0 aliphatic carbocycles. The largest absolute Gasteiger partial charge is 0.347 e. The fourth-order valence-electron chi connectivity index (χ4n) is 1.12. The normalized spacial score (nSPS) is 27.4. The van der Waals surface area contributed by atoms with E-state index >= 15 is 0 Å². The van der Waals surface area contributed by atoms with Crippen LogP contribution in [0.2, 0.25) is 0 Å². The second-order valence-electron chi connectivity index (χ2n) is 2.53. The van der Waals surface area contributed by atoms with Gasteiger partial charge in [0.2, 0.25) is 5.91 Å². The molecule has 0 spiro atoms. The third-order valence-corrected chi connectivity index (χ3v) is 1.67. The SMILES string of the molecule is [2H]CN(C[2H])C(=O)[C@@H]1CCCN1. The third kappa shape index (κ3) is 1.48. The number of carbonyl (C=O) groups is 1. The average Bonchev–Trinajstić information content (AvgIpc) is 2.58. The molecule has 3 heteroatoms. The van der Waals surface area contributed by atoms with Gasteiger partial charge in [0.1, 0.15) is 0 Å². The lowest BCUT2D eigenvalue weighted by Crippen LogP contribution is -2.39. The van der Waals surface area contributed by atoms with E-state index in [1.165, 1.54) is 4.90 Å². The monoisotopic (exact) mass is 144 g/mol. The summed E-state index contributed by atoms with van der Waals surface area (Å²) in [7, 11) is -0.221. The Balaban J connectivity index is 2.43. The number of hydrogen-bond acceptors (Lipinski definition) is 2. The number of likely N-dealkylation sites (N-methyl/N-ethyl adjacent to an activating group) is 1. The van der Waals surface area contributed by atoms with Crippen molar-refractivity contribution in [2.45, 2.75) is 18.9 Å². The number of rotatable bonds is 1. The van der Waals surface area contributed by atoms with Gasteiger partial charge < -0.3 is 10.2 Å². The second-order valence-corrected chi connectivity index (χ2v) is 2.53. The predicted molar refractivity (Wildman–Crippen MR) is 39.7 cm³/mol. The Bertz CT molecular complexity index is 151. The Morgan fingerprint density at radius 1 is 1.80 bits per heavy atom. The molecule has 1 amide bonds. The highest BCUT2D eigenvalue weighted by Crippen LogP contribution is 2.06. The Morgan fingerprint density at radius 3 is 3.10 bits per heavy atom. The minimum absolute atomic E-state index is 0.0995. The molecule has 0 radical (unpaired) electrons. The molecule has 1 heterocycles. The van der Waals surface area contributed by atoms with E-state index in [1.54, 1.807) is 0 Å². The fourth-order valence-corrected chi connectivity index (χ4v) is 1.12. The standard InChI is InChI=1S/C7H14N2O/c1-9(2)7(10)6-4-3-5-8-6/h6,8H,3-5H2,1-2H3/t6-/m0/s1/i1D,2D. The molecule has 58 valence electrons. The molecule has 1 rings (SSSR count). The first-order chi connectivity index (χ1) is 5.79. The maximum atomic E-state index is 11.4. The van der Waals surface area contributed by atoms with Crippen LogP contribution in [0.15, 0.2) is 0 Å². The quantitative estimate of drug-likeness (QED) is 0.554. The fraction of sp³-hybridized carbons (Fsp3) is 0.857. The molecule has 1 N–H and O–H groups in total. The molecule has 1 atom stereocenters. The van der Waals surface area contributed by atoms with E-state index in [4.69, 9.17) is 2.74 Å². The van der Waals surface area contributed by atoms with E-state index in [9.17, 15) is 4.79 Å². The average molecular weight is 144 g/mol. The summed E-state index contributed by atoms with van der Waals surface area (Å²) in [5, 5.41) is 3.05. The van der Waals surface area contributed by atoms with Crippen molar-refractivity contribution < 1.29 is 7.54 Å². The minimum Gasteiger partial charge on any atom is -0.347 e. The molecule has 0 aromatic carbocycles. The van der Waals surface area contributed by atoms with Crippen LogP contribution in [-0.4, -0.2) is 37.4 Å². The van der Waals surface area contributed by atoms with Crippen LogP contribution in [0.4, 0.5) is 0 Å². The van der Waals surface area contributed by atoms with E-state index in [0.29, 0.717) is 0 Å². The van der Waals surface area contributed by atoms with E-state index < -0.39 is 0 Å². The van der Waals surface area contributed by atoms with Gasteiger partial charge in [-0.25, -0.2) is 0 Å². The summed E-state index contributed by atoms with van der Waals surface area (Å²) in [5.74, 6) is -0.0995. The van der Waals surface area contributed by atoms with Gasteiger partial charge in [-0.2, -0.15) is 0 Å². The molecule has 0 unspecified atom stereocenters. The van der Waals surface area contributed by atoms with Crippen LogP contribution in [-0.2, 0) is 4.79 Å². The summed E-state index contributed by atoms with van der Waals surface area (Å²) in [4.78, 5) is 12.7. The van der Waals surface area contributed by atoms with Crippen molar-refractivity contribution in [2.75, 3.05) is 20.6 Å². The third-order valence-electron chi connectivity index (χ3n) is 1.67. The van der Waals surface area contributed by atoms with Crippen LogP contribution in [0.1, 0.15) is 15.6 Å². The molecule has 1 aliphatic heterocycles. The van der Waals surface area contributed by atoms with Gasteiger partial charge in [-0.1, -0.05) is 0 Å². The molecule has 3 nitrogen and oxygen atoms in total. The number of nitrogens with zero attached hydrogens (tertiary/aromatic N) is 1. The molecule has 0 aromatic rings. The van der Waals surface area contributed by atoms with Crippen molar-refractivity contribution in [1.82, 2.24) is 10.2 Å². The Kier molecular flexibility index (Phi) is 1.55. The summed E-state index contributed by atoms with van der Waals surface area (Å²) in [6, 6.07) is -0.138. The lowest BCUT2D eigenvalue weighted by atomic mass is 10.2. The van der Waals surface area contributed by atoms with Crippen LogP contribution < -0.4 is 5.32 Å². The highest BCUT2D eigenvalue weighted by Gasteiger charge is 2.22. The molecule has 1 fully saturated rings. The molecule has 0 saturated carbocycles. The maximum Gasteiger partial charge on any atom is 0.239 e. The molecule has 1 aliphatic rings. The lowest BCUT2D eigenvalue weighted by molar-refractivity contribution is -0.130. The zero-order chi connectivity index (χ0) is 8.97. The van der Waals surface area contributed by atoms with Gasteiger partial charge in [0.25, 0.3) is 0 Å². The number of amides is 1. The van der Waals surface area contributed by atoms with E-state index in [1.807, 2.05) is 0 Å². The first kappa shape index (κ1) is 5.13. The first-order valence-electron chi connectivity index (χ1n) is 4.81. The molecular weight excluding hydrogens is 128 g/mol. The predicted octanol–water partition coefficient (Wildman–Crippen LogP) is -0.173. The number of hydrogen-bond donors (Lipinski definition) is 1. The molecule has 1 saturated heterocycles. The van der Waals surface area contributed by atoms with Gasteiger partial charge >= 0.3 is 0 Å². The van der Waals surface area contributed by atoms with Crippen molar-refractivity contribution in [3.8, 4) is 0 Å². The number of nitrogens with one attached hydrogen (secondary N) is 1. The van der Waals surface area contributed by atoms with Crippen LogP contribution in [0.25, 0.3) is 0 Å².